The van der Waals surface area contributed by atoms with Crippen molar-refractivity contribution in [3.8, 4) is 0 Å². The van der Waals surface area contributed by atoms with E-state index in [9.17, 15) is 26.7 Å². The van der Waals surface area contributed by atoms with Crippen LogP contribution in [0, 0.1) is 0 Å². The van der Waals surface area contributed by atoms with Crippen molar-refractivity contribution >= 4 is 11.6 Å². The molecule has 0 bridgehead atoms. The molecule has 2 heterocycles. The van der Waals surface area contributed by atoms with Gasteiger partial charge in [-0.3, -0.25) is 14.5 Å². The molecule has 0 spiro atoms. The fourth-order valence-corrected chi connectivity index (χ4v) is 1.94. The van der Waals surface area contributed by atoms with Crippen LogP contribution < -0.4 is 4.90 Å². The molecule has 0 radical (unpaired) electrons. The van der Waals surface area contributed by atoms with Crippen LogP contribution in [0.4, 0.5) is 27.6 Å². The second-order valence-corrected chi connectivity index (χ2v) is 4.59. The smallest absolute Gasteiger partial charge is 0.310 e. The Balaban J connectivity index is 2.37. The zero-order valence-electron chi connectivity index (χ0n) is 11.8. The first-order chi connectivity index (χ1) is 10.7. The third kappa shape index (κ3) is 3.82. The maximum Gasteiger partial charge on any atom is 0.408 e. The summed E-state index contributed by atoms with van der Waals surface area (Å²) in [7, 11) is 1.30. The standard InChI is InChI=1S/C13H11F5N4O/c1-21(8-3-2-4-19-5-8)12(23)9-6-20-22(7-13(16,17)18)10(9)11(14)15/h2-6,11H,7H2,1H3. The van der Waals surface area contributed by atoms with Crippen LogP contribution >= 0.6 is 0 Å². The zero-order chi connectivity index (χ0) is 17.2. The number of rotatable bonds is 4. The summed E-state index contributed by atoms with van der Waals surface area (Å²) in [6.45, 7) is -1.70. The molecule has 23 heavy (non-hydrogen) atoms. The number of aromatic nitrogens is 3. The van der Waals surface area contributed by atoms with E-state index in [4.69, 9.17) is 0 Å². The first-order valence-electron chi connectivity index (χ1n) is 6.29. The van der Waals surface area contributed by atoms with E-state index in [0.29, 0.717) is 11.9 Å². The highest BCUT2D eigenvalue weighted by Crippen LogP contribution is 2.28. The fraction of sp³-hybridized carbons (Fsp3) is 0.308. The molecular formula is C13H11F5N4O. The van der Waals surface area contributed by atoms with Crippen molar-refractivity contribution in [2.24, 2.45) is 0 Å². The van der Waals surface area contributed by atoms with Gasteiger partial charge in [-0.05, 0) is 12.1 Å². The van der Waals surface area contributed by atoms with Gasteiger partial charge in [-0.25, -0.2) is 8.78 Å². The quantitative estimate of drug-likeness (QED) is 0.808. The van der Waals surface area contributed by atoms with Gasteiger partial charge in [-0.2, -0.15) is 18.3 Å². The molecule has 2 rings (SSSR count). The summed E-state index contributed by atoms with van der Waals surface area (Å²) in [6, 6.07) is 3.04. The van der Waals surface area contributed by atoms with Gasteiger partial charge in [-0.1, -0.05) is 0 Å². The van der Waals surface area contributed by atoms with E-state index in [0.717, 1.165) is 4.90 Å². The lowest BCUT2D eigenvalue weighted by Crippen LogP contribution is -2.28. The molecule has 0 saturated heterocycles. The van der Waals surface area contributed by atoms with Crippen LogP contribution in [0.3, 0.4) is 0 Å². The number of amides is 1. The minimum atomic E-state index is -4.73. The van der Waals surface area contributed by atoms with Crippen molar-refractivity contribution in [2.75, 3.05) is 11.9 Å². The number of hydrogen-bond donors (Lipinski definition) is 0. The van der Waals surface area contributed by atoms with Crippen molar-refractivity contribution in [1.29, 1.82) is 0 Å². The van der Waals surface area contributed by atoms with Crippen LogP contribution in [0.1, 0.15) is 22.5 Å². The van der Waals surface area contributed by atoms with E-state index in [1.807, 2.05) is 0 Å². The van der Waals surface area contributed by atoms with Crippen LogP contribution in [0.15, 0.2) is 30.7 Å². The zero-order valence-corrected chi connectivity index (χ0v) is 11.8. The highest BCUT2D eigenvalue weighted by Gasteiger charge is 2.34. The minimum absolute atomic E-state index is 0.0922. The maximum atomic E-state index is 13.1. The minimum Gasteiger partial charge on any atom is -0.310 e. The molecule has 2 aromatic rings. The van der Waals surface area contributed by atoms with Crippen molar-refractivity contribution in [1.82, 2.24) is 14.8 Å². The summed E-state index contributed by atoms with van der Waals surface area (Å²) in [6.07, 6.45) is -4.53. The van der Waals surface area contributed by atoms with Crippen LogP contribution in [-0.4, -0.2) is 33.9 Å². The number of carbonyl (C=O) groups is 1. The van der Waals surface area contributed by atoms with Gasteiger partial charge in [0.15, 0.2) is 0 Å². The van der Waals surface area contributed by atoms with Crippen molar-refractivity contribution in [2.45, 2.75) is 19.1 Å². The lowest BCUT2D eigenvalue weighted by Gasteiger charge is -2.17. The van der Waals surface area contributed by atoms with Crippen molar-refractivity contribution in [3.63, 3.8) is 0 Å². The molecule has 124 valence electrons. The lowest BCUT2D eigenvalue weighted by atomic mass is 10.2. The SMILES string of the molecule is CN(C(=O)c1cnn(CC(F)(F)F)c1C(F)F)c1cccnc1. The Morgan fingerprint density at radius 3 is 2.57 bits per heavy atom. The first-order valence-corrected chi connectivity index (χ1v) is 6.29. The normalized spacial score (nSPS) is 11.8. The van der Waals surface area contributed by atoms with Crippen LogP contribution in [0.5, 0.6) is 0 Å². The Bertz CT molecular complexity index is 683. The van der Waals surface area contributed by atoms with E-state index in [2.05, 4.69) is 10.1 Å². The predicted octanol–water partition coefficient (Wildman–Crippen LogP) is 3.05. The third-order valence-corrected chi connectivity index (χ3v) is 2.98. The van der Waals surface area contributed by atoms with Gasteiger partial charge >= 0.3 is 6.18 Å². The largest absolute Gasteiger partial charge is 0.408 e. The Hall–Kier alpha value is -2.52. The number of pyridine rings is 1. The summed E-state index contributed by atoms with van der Waals surface area (Å²) in [5, 5.41) is 3.27. The molecule has 0 aliphatic heterocycles. The monoisotopic (exact) mass is 334 g/mol. The number of nitrogens with zero attached hydrogens (tertiary/aromatic N) is 4. The van der Waals surface area contributed by atoms with E-state index in [1.165, 1.54) is 31.6 Å². The first kappa shape index (κ1) is 16.8. The maximum absolute atomic E-state index is 13.1. The second-order valence-electron chi connectivity index (χ2n) is 4.59. The van der Waals surface area contributed by atoms with Crippen LogP contribution in [0.25, 0.3) is 0 Å². The Morgan fingerprint density at radius 1 is 1.35 bits per heavy atom. The van der Waals surface area contributed by atoms with E-state index >= 15 is 0 Å². The van der Waals surface area contributed by atoms with E-state index < -0.39 is 36.3 Å². The molecule has 0 atom stereocenters. The van der Waals surface area contributed by atoms with Crippen LogP contribution in [0.2, 0.25) is 0 Å². The Kier molecular flexibility index (Phi) is 4.62. The van der Waals surface area contributed by atoms with Gasteiger partial charge in [0.05, 0.1) is 23.6 Å². The summed E-state index contributed by atoms with van der Waals surface area (Å²) in [5.41, 5.74) is -1.35. The van der Waals surface area contributed by atoms with Crippen LogP contribution in [-0.2, 0) is 6.54 Å². The summed E-state index contributed by atoms with van der Waals surface area (Å²) >= 11 is 0. The number of alkyl halides is 5. The highest BCUT2D eigenvalue weighted by atomic mass is 19.4. The Morgan fingerprint density at radius 2 is 2.04 bits per heavy atom. The summed E-state index contributed by atoms with van der Waals surface area (Å²) in [5.74, 6) is -0.901. The molecule has 0 aliphatic carbocycles. The summed E-state index contributed by atoms with van der Waals surface area (Å²) in [4.78, 5) is 17.1. The Labute approximate surface area is 127 Å². The van der Waals surface area contributed by atoms with E-state index in [1.54, 1.807) is 0 Å². The highest BCUT2D eigenvalue weighted by molar-refractivity contribution is 6.06. The molecule has 0 fully saturated rings. The molecule has 1 amide bonds. The van der Waals surface area contributed by atoms with E-state index in [-0.39, 0.29) is 4.68 Å². The van der Waals surface area contributed by atoms with Crippen molar-refractivity contribution < 1.29 is 26.7 Å². The van der Waals surface area contributed by atoms with Gasteiger partial charge in [-0.15, -0.1) is 0 Å². The summed E-state index contributed by atoms with van der Waals surface area (Å²) < 4.78 is 63.5. The average Bonchev–Trinajstić information content (AvgIpc) is 2.88. The number of carbonyl (C=O) groups excluding carboxylic acids is 1. The number of anilines is 1. The average molecular weight is 334 g/mol. The van der Waals surface area contributed by atoms with Gasteiger partial charge < -0.3 is 4.90 Å². The van der Waals surface area contributed by atoms with Gasteiger partial charge in [0.2, 0.25) is 0 Å². The molecule has 10 heteroatoms. The molecule has 0 aromatic carbocycles. The molecule has 0 N–H and O–H groups in total. The topological polar surface area (TPSA) is 51.0 Å². The molecule has 0 saturated carbocycles. The van der Waals surface area contributed by atoms with Gasteiger partial charge in [0, 0.05) is 13.2 Å². The lowest BCUT2D eigenvalue weighted by molar-refractivity contribution is -0.143. The fourth-order valence-electron chi connectivity index (χ4n) is 1.94. The molecular weight excluding hydrogens is 323 g/mol. The molecule has 0 unspecified atom stereocenters. The number of halogens is 5. The third-order valence-electron chi connectivity index (χ3n) is 2.98. The molecule has 5 nitrogen and oxygen atoms in total. The predicted molar refractivity (Wildman–Crippen MR) is 70.2 cm³/mol. The molecule has 0 aliphatic rings. The van der Waals surface area contributed by atoms with Gasteiger partial charge in [0.1, 0.15) is 12.2 Å². The number of hydrogen-bond acceptors (Lipinski definition) is 3. The van der Waals surface area contributed by atoms with Crippen molar-refractivity contribution in [3.05, 3.63) is 42.0 Å². The molecule has 2 aromatic heterocycles. The van der Waals surface area contributed by atoms with Gasteiger partial charge in [0.25, 0.3) is 12.3 Å². The second kappa shape index (κ2) is 6.31.